The normalized spacial score (nSPS) is 20.1. The molecule has 0 fully saturated rings. The molecule has 3 N–H and O–H groups in total. The number of fused-ring (bicyclic) bond motifs is 1. The van der Waals surface area contributed by atoms with Gasteiger partial charge in [0.05, 0.1) is 10.8 Å². The third-order valence-electron chi connectivity index (χ3n) is 2.95. The monoisotopic (exact) mass is 337 g/mol. The molecule has 0 bridgehead atoms. The SMILES string of the molecule is CCNC1CN(CCOC)Sc2sc(S(N)(=O)=O)cc21. The minimum Gasteiger partial charge on any atom is -0.383 e. The van der Waals surface area contributed by atoms with Gasteiger partial charge in [-0.3, -0.25) is 0 Å². The van der Waals surface area contributed by atoms with Gasteiger partial charge in [0.15, 0.2) is 0 Å². The lowest BCUT2D eigenvalue weighted by atomic mass is 10.1. The van der Waals surface area contributed by atoms with Gasteiger partial charge in [0, 0.05) is 26.2 Å². The quantitative estimate of drug-likeness (QED) is 0.754. The first kappa shape index (κ1) is 16.2. The first-order valence-corrected chi connectivity index (χ1v) is 9.41. The molecule has 2 heterocycles. The Hall–Kier alpha value is -0.160. The van der Waals surface area contributed by atoms with Crippen molar-refractivity contribution in [1.29, 1.82) is 0 Å². The number of nitrogens with zero attached hydrogens (tertiary/aromatic N) is 1. The summed E-state index contributed by atoms with van der Waals surface area (Å²) >= 11 is 2.81. The summed E-state index contributed by atoms with van der Waals surface area (Å²) in [5.41, 5.74) is 1.03. The molecule has 0 saturated carbocycles. The number of nitrogens with one attached hydrogen (secondary N) is 1. The molecule has 1 unspecified atom stereocenters. The molecule has 1 aliphatic rings. The molecular weight excluding hydrogens is 318 g/mol. The zero-order valence-corrected chi connectivity index (χ0v) is 13.9. The number of hydrogen-bond acceptors (Lipinski definition) is 7. The fourth-order valence-electron chi connectivity index (χ4n) is 2.03. The van der Waals surface area contributed by atoms with E-state index >= 15 is 0 Å². The number of methoxy groups -OCH3 is 1. The second kappa shape index (κ2) is 6.73. The van der Waals surface area contributed by atoms with Crippen LogP contribution in [-0.4, -0.2) is 46.1 Å². The van der Waals surface area contributed by atoms with Crippen LogP contribution in [0, 0.1) is 0 Å². The average molecular weight is 337 g/mol. The molecule has 0 aliphatic carbocycles. The van der Waals surface area contributed by atoms with Crippen molar-refractivity contribution in [1.82, 2.24) is 9.62 Å². The van der Waals surface area contributed by atoms with Crippen LogP contribution in [0.25, 0.3) is 0 Å². The van der Waals surface area contributed by atoms with E-state index in [0.717, 1.165) is 29.4 Å². The van der Waals surface area contributed by atoms with Crippen LogP contribution in [0.2, 0.25) is 0 Å². The Morgan fingerprint density at radius 1 is 1.60 bits per heavy atom. The largest absolute Gasteiger partial charge is 0.383 e. The summed E-state index contributed by atoms with van der Waals surface area (Å²) in [5, 5.41) is 8.61. The van der Waals surface area contributed by atoms with Gasteiger partial charge in [-0.05, 0) is 30.1 Å². The molecule has 6 nitrogen and oxygen atoms in total. The van der Waals surface area contributed by atoms with Crippen LogP contribution in [0.15, 0.2) is 14.5 Å². The summed E-state index contributed by atoms with van der Waals surface area (Å²) in [4.78, 5) is 0. The molecule has 2 rings (SSSR count). The molecule has 0 radical (unpaired) electrons. The molecule has 0 saturated heterocycles. The van der Waals surface area contributed by atoms with Crippen LogP contribution in [0.1, 0.15) is 18.5 Å². The highest BCUT2D eigenvalue weighted by Gasteiger charge is 2.29. The minimum atomic E-state index is -3.64. The number of ether oxygens (including phenoxy) is 1. The lowest BCUT2D eigenvalue weighted by molar-refractivity contribution is 0.178. The van der Waals surface area contributed by atoms with Gasteiger partial charge < -0.3 is 10.1 Å². The predicted molar refractivity (Wildman–Crippen MR) is 81.4 cm³/mol. The van der Waals surface area contributed by atoms with Crippen LogP contribution in [0.4, 0.5) is 0 Å². The maximum absolute atomic E-state index is 11.5. The van der Waals surface area contributed by atoms with Gasteiger partial charge in [0.2, 0.25) is 10.0 Å². The number of likely N-dealkylation sites (N-methyl/N-ethyl adjacent to an activating group) is 1. The fraction of sp³-hybridized carbons (Fsp3) is 0.636. The Labute approximate surface area is 127 Å². The highest BCUT2D eigenvalue weighted by atomic mass is 32.3. The number of hydrogen-bond donors (Lipinski definition) is 2. The van der Waals surface area contributed by atoms with Crippen LogP contribution in [0.5, 0.6) is 0 Å². The Kier molecular flexibility index (Phi) is 5.46. The Balaban J connectivity index is 2.27. The third kappa shape index (κ3) is 3.73. The van der Waals surface area contributed by atoms with Crippen molar-refractivity contribution < 1.29 is 13.2 Å². The molecule has 1 aromatic heterocycles. The highest BCUT2D eigenvalue weighted by molar-refractivity contribution is 7.99. The molecule has 20 heavy (non-hydrogen) atoms. The van der Waals surface area contributed by atoms with Gasteiger partial charge in [0.25, 0.3) is 0 Å². The first-order valence-electron chi connectivity index (χ1n) is 6.27. The standard InChI is InChI=1S/C11H19N3O3S3/c1-3-13-9-7-14(4-5-17-2)19-11-8(9)6-10(18-11)20(12,15)16/h6,9,13H,3-5,7H2,1-2H3,(H2,12,15,16). The summed E-state index contributed by atoms with van der Waals surface area (Å²) in [6, 6.07) is 1.82. The maximum Gasteiger partial charge on any atom is 0.247 e. The molecule has 114 valence electrons. The summed E-state index contributed by atoms with van der Waals surface area (Å²) < 4.78 is 31.5. The zero-order chi connectivity index (χ0) is 14.8. The van der Waals surface area contributed by atoms with Gasteiger partial charge in [-0.2, -0.15) is 0 Å². The topological polar surface area (TPSA) is 84.7 Å². The summed E-state index contributed by atoms with van der Waals surface area (Å²) in [6.45, 7) is 5.12. The van der Waals surface area contributed by atoms with Crippen LogP contribution < -0.4 is 10.5 Å². The Bertz CT molecular complexity index is 559. The van der Waals surface area contributed by atoms with Crippen molar-refractivity contribution in [2.75, 3.05) is 33.4 Å². The molecule has 0 amide bonds. The van der Waals surface area contributed by atoms with Crippen LogP contribution in [-0.2, 0) is 14.8 Å². The lowest BCUT2D eigenvalue weighted by Crippen LogP contribution is -2.36. The molecule has 0 spiro atoms. The third-order valence-corrected chi connectivity index (χ3v) is 6.78. The van der Waals surface area contributed by atoms with E-state index in [9.17, 15) is 8.42 Å². The second-order valence-corrected chi connectivity index (χ2v) is 8.64. The van der Waals surface area contributed by atoms with Gasteiger partial charge in [0.1, 0.15) is 4.21 Å². The van der Waals surface area contributed by atoms with Crippen molar-refractivity contribution >= 4 is 33.3 Å². The van der Waals surface area contributed by atoms with Crippen LogP contribution >= 0.6 is 23.3 Å². The van der Waals surface area contributed by atoms with E-state index in [1.807, 2.05) is 6.92 Å². The van der Waals surface area contributed by atoms with Crippen molar-refractivity contribution in [3.8, 4) is 0 Å². The number of primary sulfonamides is 1. The predicted octanol–water partition coefficient (Wildman–Crippen LogP) is 1.02. The van der Waals surface area contributed by atoms with E-state index in [0.29, 0.717) is 6.61 Å². The Morgan fingerprint density at radius 3 is 2.95 bits per heavy atom. The van der Waals surface area contributed by atoms with E-state index in [1.165, 1.54) is 11.3 Å². The molecule has 1 atom stereocenters. The lowest BCUT2D eigenvalue weighted by Gasteiger charge is -2.31. The van der Waals surface area contributed by atoms with E-state index in [-0.39, 0.29) is 10.3 Å². The average Bonchev–Trinajstić information content (AvgIpc) is 2.80. The van der Waals surface area contributed by atoms with Gasteiger partial charge in [-0.25, -0.2) is 17.9 Å². The zero-order valence-electron chi connectivity index (χ0n) is 11.5. The number of thiophene rings is 1. The fourth-order valence-corrected chi connectivity index (χ4v) is 5.54. The molecule has 1 aliphatic heterocycles. The smallest absolute Gasteiger partial charge is 0.247 e. The highest BCUT2D eigenvalue weighted by Crippen LogP contribution is 2.43. The minimum absolute atomic E-state index is 0.125. The molecule has 0 aromatic carbocycles. The van der Waals surface area contributed by atoms with Crippen molar-refractivity contribution in [3.63, 3.8) is 0 Å². The van der Waals surface area contributed by atoms with E-state index in [2.05, 4.69) is 9.62 Å². The summed E-state index contributed by atoms with van der Waals surface area (Å²) in [6.07, 6.45) is 0. The second-order valence-electron chi connectivity index (χ2n) is 4.44. The molecular formula is C11H19N3O3S3. The van der Waals surface area contributed by atoms with Crippen molar-refractivity contribution in [2.45, 2.75) is 21.4 Å². The number of rotatable bonds is 6. The molecule has 1 aromatic rings. The maximum atomic E-state index is 11.5. The van der Waals surface area contributed by atoms with Gasteiger partial charge >= 0.3 is 0 Å². The van der Waals surface area contributed by atoms with Crippen molar-refractivity contribution in [3.05, 3.63) is 11.6 Å². The van der Waals surface area contributed by atoms with Crippen molar-refractivity contribution in [2.24, 2.45) is 5.14 Å². The molecule has 9 heteroatoms. The van der Waals surface area contributed by atoms with E-state index in [4.69, 9.17) is 9.88 Å². The first-order chi connectivity index (χ1) is 9.45. The number of sulfonamides is 1. The van der Waals surface area contributed by atoms with E-state index < -0.39 is 10.0 Å². The van der Waals surface area contributed by atoms with Gasteiger partial charge in [-0.1, -0.05) is 6.92 Å². The number of nitrogens with two attached hydrogens (primary N) is 1. The van der Waals surface area contributed by atoms with Gasteiger partial charge in [-0.15, -0.1) is 11.3 Å². The Morgan fingerprint density at radius 2 is 2.35 bits per heavy atom. The summed E-state index contributed by atoms with van der Waals surface area (Å²) in [5.74, 6) is 0. The summed E-state index contributed by atoms with van der Waals surface area (Å²) in [7, 11) is -1.96. The van der Waals surface area contributed by atoms with Crippen LogP contribution in [0.3, 0.4) is 0 Å². The van der Waals surface area contributed by atoms with E-state index in [1.54, 1.807) is 25.1 Å².